The first kappa shape index (κ1) is 15.9. The van der Waals surface area contributed by atoms with Crippen LogP contribution in [0.25, 0.3) is 11.5 Å². The molecule has 21 heavy (non-hydrogen) atoms. The monoisotopic (exact) mass is 308 g/mol. The summed E-state index contributed by atoms with van der Waals surface area (Å²) in [6.07, 6.45) is 2.36. The zero-order valence-corrected chi connectivity index (χ0v) is 13.0. The van der Waals surface area contributed by atoms with E-state index in [9.17, 15) is 0 Å². The van der Waals surface area contributed by atoms with Gasteiger partial charge in [-0.2, -0.15) is 4.98 Å². The smallest absolute Gasteiger partial charge is 0.257 e. The van der Waals surface area contributed by atoms with Gasteiger partial charge in [-0.25, -0.2) is 0 Å². The molecular formula is C15H21ClN4O. The van der Waals surface area contributed by atoms with Crippen LogP contribution in [0.15, 0.2) is 34.9 Å². The summed E-state index contributed by atoms with van der Waals surface area (Å²) in [5.41, 5.74) is 0.968. The standard InChI is InChI=1S/C15H20N4O.ClH/c1-19(13-7-9-16-10-8-13)11-14-17-15(20-18-14)12-5-3-2-4-6-12;/h2-6,13,16H,7-11H2,1H3;1H. The molecule has 6 heteroatoms. The number of aromatic nitrogens is 2. The topological polar surface area (TPSA) is 54.2 Å². The zero-order valence-electron chi connectivity index (χ0n) is 12.2. The fourth-order valence-electron chi connectivity index (χ4n) is 2.62. The van der Waals surface area contributed by atoms with Crippen molar-refractivity contribution >= 4 is 12.4 Å². The quantitative estimate of drug-likeness (QED) is 0.939. The molecule has 0 spiro atoms. The molecular weight excluding hydrogens is 288 g/mol. The average molecular weight is 309 g/mol. The fourth-order valence-corrected chi connectivity index (χ4v) is 2.62. The van der Waals surface area contributed by atoms with Gasteiger partial charge in [-0.3, -0.25) is 4.90 Å². The van der Waals surface area contributed by atoms with E-state index in [4.69, 9.17) is 4.52 Å². The van der Waals surface area contributed by atoms with E-state index in [-0.39, 0.29) is 12.4 Å². The second-order valence-corrected chi connectivity index (χ2v) is 5.28. The molecule has 0 atom stereocenters. The first-order chi connectivity index (χ1) is 9.83. The summed E-state index contributed by atoms with van der Waals surface area (Å²) in [5.74, 6) is 1.35. The molecule has 2 aromatic rings. The van der Waals surface area contributed by atoms with Crippen LogP contribution >= 0.6 is 12.4 Å². The maximum Gasteiger partial charge on any atom is 0.257 e. The van der Waals surface area contributed by atoms with E-state index in [0.717, 1.165) is 31.0 Å². The summed E-state index contributed by atoms with van der Waals surface area (Å²) in [5, 5.41) is 7.47. The number of nitrogens with one attached hydrogen (secondary N) is 1. The van der Waals surface area contributed by atoms with Crippen LogP contribution in [-0.4, -0.2) is 41.2 Å². The van der Waals surface area contributed by atoms with Gasteiger partial charge in [0.15, 0.2) is 5.82 Å². The third-order valence-corrected chi connectivity index (χ3v) is 3.81. The first-order valence-electron chi connectivity index (χ1n) is 7.12. The van der Waals surface area contributed by atoms with E-state index < -0.39 is 0 Å². The van der Waals surface area contributed by atoms with Crippen molar-refractivity contribution < 1.29 is 4.52 Å². The van der Waals surface area contributed by atoms with Crippen LogP contribution in [0.2, 0.25) is 0 Å². The summed E-state index contributed by atoms with van der Waals surface area (Å²) in [7, 11) is 2.13. The molecule has 1 aliphatic rings. The Morgan fingerprint density at radius 2 is 1.95 bits per heavy atom. The third kappa shape index (κ3) is 4.03. The van der Waals surface area contributed by atoms with Crippen molar-refractivity contribution in [3.63, 3.8) is 0 Å². The van der Waals surface area contributed by atoms with Crippen molar-refractivity contribution in [2.45, 2.75) is 25.4 Å². The molecule has 0 unspecified atom stereocenters. The molecule has 0 aliphatic carbocycles. The Morgan fingerprint density at radius 3 is 2.67 bits per heavy atom. The van der Waals surface area contributed by atoms with Gasteiger partial charge in [0.2, 0.25) is 0 Å². The van der Waals surface area contributed by atoms with E-state index in [1.54, 1.807) is 0 Å². The van der Waals surface area contributed by atoms with Crippen LogP contribution in [0.5, 0.6) is 0 Å². The summed E-state index contributed by atoms with van der Waals surface area (Å²) in [6, 6.07) is 10.5. The number of benzene rings is 1. The number of piperidine rings is 1. The molecule has 0 saturated carbocycles. The van der Waals surface area contributed by atoms with Crippen molar-refractivity contribution in [2.75, 3.05) is 20.1 Å². The van der Waals surface area contributed by atoms with Gasteiger partial charge < -0.3 is 9.84 Å². The Bertz CT molecular complexity index is 540. The van der Waals surface area contributed by atoms with Gasteiger partial charge in [0, 0.05) is 11.6 Å². The lowest BCUT2D eigenvalue weighted by Crippen LogP contribution is -2.40. The van der Waals surface area contributed by atoms with E-state index in [1.807, 2.05) is 30.3 Å². The molecule has 3 rings (SSSR count). The number of nitrogens with zero attached hydrogens (tertiary/aromatic N) is 3. The lowest BCUT2D eigenvalue weighted by Gasteiger charge is -2.30. The number of halogens is 1. The van der Waals surface area contributed by atoms with Crippen LogP contribution in [0.4, 0.5) is 0 Å². The minimum absolute atomic E-state index is 0. The van der Waals surface area contributed by atoms with Gasteiger partial charge in [-0.1, -0.05) is 23.4 Å². The number of hydrogen-bond acceptors (Lipinski definition) is 5. The minimum Gasteiger partial charge on any atom is -0.334 e. The molecule has 1 aromatic carbocycles. The van der Waals surface area contributed by atoms with Crippen molar-refractivity contribution in [1.29, 1.82) is 0 Å². The fraction of sp³-hybridized carbons (Fsp3) is 0.467. The van der Waals surface area contributed by atoms with Crippen molar-refractivity contribution in [3.05, 3.63) is 36.2 Å². The van der Waals surface area contributed by atoms with Crippen LogP contribution in [0.3, 0.4) is 0 Å². The Labute approximate surface area is 131 Å². The van der Waals surface area contributed by atoms with Gasteiger partial charge in [-0.05, 0) is 45.1 Å². The van der Waals surface area contributed by atoms with E-state index in [2.05, 4.69) is 27.4 Å². The molecule has 0 radical (unpaired) electrons. The highest BCUT2D eigenvalue weighted by molar-refractivity contribution is 5.85. The van der Waals surface area contributed by atoms with Gasteiger partial charge in [0.05, 0.1) is 6.54 Å². The second-order valence-electron chi connectivity index (χ2n) is 5.28. The summed E-state index contributed by atoms with van der Waals surface area (Å²) in [6.45, 7) is 2.92. The SMILES string of the molecule is CN(Cc1noc(-c2ccccc2)n1)C1CCNCC1.Cl. The van der Waals surface area contributed by atoms with Gasteiger partial charge in [-0.15, -0.1) is 12.4 Å². The maximum atomic E-state index is 5.34. The molecule has 1 saturated heterocycles. The van der Waals surface area contributed by atoms with E-state index >= 15 is 0 Å². The van der Waals surface area contributed by atoms with Gasteiger partial charge >= 0.3 is 0 Å². The Morgan fingerprint density at radius 1 is 1.24 bits per heavy atom. The Hall–Kier alpha value is -1.43. The summed E-state index contributed by atoms with van der Waals surface area (Å²) < 4.78 is 5.34. The van der Waals surface area contributed by atoms with E-state index in [1.165, 1.54) is 12.8 Å². The Kier molecular flexibility index (Phi) is 5.73. The highest BCUT2D eigenvalue weighted by Gasteiger charge is 2.19. The Balaban J connectivity index is 0.00000161. The average Bonchev–Trinajstić information content (AvgIpc) is 2.97. The third-order valence-electron chi connectivity index (χ3n) is 3.81. The van der Waals surface area contributed by atoms with Crippen LogP contribution in [0.1, 0.15) is 18.7 Å². The largest absolute Gasteiger partial charge is 0.334 e. The molecule has 2 heterocycles. The molecule has 1 fully saturated rings. The predicted octanol–water partition coefficient (Wildman–Crippen LogP) is 2.34. The zero-order chi connectivity index (χ0) is 13.8. The van der Waals surface area contributed by atoms with Crippen molar-refractivity contribution in [1.82, 2.24) is 20.4 Å². The molecule has 0 amide bonds. The molecule has 0 bridgehead atoms. The molecule has 114 valence electrons. The highest BCUT2D eigenvalue weighted by Crippen LogP contribution is 2.18. The molecule has 1 aliphatic heterocycles. The van der Waals surface area contributed by atoms with Gasteiger partial charge in [0.25, 0.3) is 5.89 Å². The lowest BCUT2D eigenvalue weighted by atomic mass is 10.1. The summed E-state index contributed by atoms with van der Waals surface area (Å²) in [4.78, 5) is 6.80. The number of rotatable bonds is 4. The second kappa shape index (κ2) is 7.54. The minimum atomic E-state index is 0. The molecule has 1 N–H and O–H groups in total. The van der Waals surface area contributed by atoms with Crippen LogP contribution in [-0.2, 0) is 6.54 Å². The van der Waals surface area contributed by atoms with Crippen molar-refractivity contribution in [3.8, 4) is 11.5 Å². The van der Waals surface area contributed by atoms with E-state index in [0.29, 0.717) is 11.9 Å². The van der Waals surface area contributed by atoms with Crippen LogP contribution < -0.4 is 5.32 Å². The highest BCUT2D eigenvalue weighted by atomic mass is 35.5. The first-order valence-corrected chi connectivity index (χ1v) is 7.12. The normalized spacial score (nSPS) is 15.9. The summed E-state index contributed by atoms with van der Waals surface area (Å²) >= 11 is 0. The molecule has 1 aromatic heterocycles. The predicted molar refractivity (Wildman–Crippen MR) is 84.3 cm³/mol. The lowest BCUT2D eigenvalue weighted by molar-refractivity contribution is 0.186. The van der Waals surface area contributed by atoms with Crippen molar-refractivity contribution in [2.24, 2.45) is 0 Å². The van der Waals surface area contributed by atoms with Gasteiger partial charge in [0.1, 0.15) is 0 Å². The van der Waals surface area contributed by atoms with Crippen LogP contribution in [0, 0.1) is 0 Å². The maximum absolute atomic E-state index is 5.34. The number of hydrogen-bond donors (Lipinski definition) is 1. The molecule has 5 nitrogen and oxygen atoms in total.